The van der Waals surface area contributed by atoms with E-state index in [1.54, 1.807) is 41.9 Å². The average Bonchev–Trinajstić information content (AvgIpc) is 2.91. The van der Waals surface area contributed by atoms with Gasteiger partial charge in [-0.05, 0) is 41.1 Å². The molecule has 0 amide bonds. The summed E-state index contributed by atoms with van der Waals surface area (Å²) in [6.07, 6.45) is 1.65. The number of carbonyl (C=O) groups is 1. The Labute approximate surface area is 140 Å². The largest absolute Gasteiger partial charge is 0.461 e. The summed E-state index contributed by atoms with van der Waals surface area (Å²) in [7, 11) is 0. The van der Waals surface area contributed by atoms with Crippen LogP contribution in [-0.2, 0) is 4.74 Å². The molecule has 1 aromatic carbocycles. The lowest BCUT2D eigenvalue weighted by Gasteiger charge is -2.00. The predicted molar refractivity (Wildman–Crippen MR) is 86.8 cm³/mol. The van der Waals surface area contributed by atoms with Crippen LogP contribution in [0.2, 0.25) is 0 Å². The van der Waals surface area contributed by atoms with E-state index in [4.69, 9.17) is 10.00 Å². The maximum atomic E-state index is 11.8. The van der Waals surface area contributed by atoms with Crippen LogP contribution >= 0.6 is 15.9 Å². The maximum Gasteiger partial charge on any atom is 0.357 e. The van der Waals surface area contributed by atoms with Gasteiger partial charge in [0.1, 0.15) is 5.69 Å². The van der Waals surface area contributed by atoms with Gasteiger partial charge in [-0.1, -0.05) is 12.1 Å². The molecular formula is C16H11BrN4O2. The zero-order valence-corrected chi connectivity index (χ0v) is 13.7. The fraction of sp³-hybridized carbons (Fsp3) is 0.125. The number of nitrogens with zero attached hydrogens (tertiary/aromatic N) is 4. The van der Waals surface area contributed by atoms with Gasteiger partial charge < -0.3 is 4.74 Å². The van der Waals surface area contributed by atoms with Crippen LogP contribution in [0.5, 0.6) is 0 Å². The minimum absolute atomic E-state index is 0.220. The van der Waals surface area contributed by atoms with Crippen LogP contribution in [0.3, 0.4) is 0 Å². The minimum Gasteiger partial charge on any atom is -0.461 e. The number of fused-ring (bicyclic) bond motifs is 1. The van der Waals surface area contributed by atoms with Crippen molar-refractivity contribution in [2.45, 2.75) is 6.92 Å². The molecule has 114 valence electrons. The summed E-state index contributed by atoms with van der Waals surface area (Å²) >= 11 is 3.48. The molecule has 23 heavy (non-hydrogen) atoms. The molecule has 2 heterocycles. The molecule has 0 fully saturated rings. The Bertz CT molecular complexity index is 943. The van der Waals surface area contributed by atoms with Gasteiger partial charge in [0.05, 0.1) is 22.7 Å². The van der Waals surface area contributed by atoms with Gasteiger partial charge in [0, 0.05) is 11.8 Å². The van der Waals surface area contributed by atoms with Gasteiger partial charge in [0.2, 0.25) is 0 Å². The first kappa shape index (κ1) is 15.2. The molecule has 0 N–H and O–H groups in total. The molecule has 0 bridgehead atoms. The molecule has 0 saturated heterocycles. The molecule has 0 unspecified atom stereocenters. The average molecular weight is 371 g/mol. The lowest BCUT2D eigenvalue weighted by atomic mass is 10.1. The SMILES string of the molecule is CCOC(=O)c1ccn2nc(-c3cccc(C#N)c3)c(Br)c2n1. The van der Waals surface area contributed by atoms with Crippen LogP contribution in [0.1, 0.15) is 23.0 Å². The quantitative estimate of drug-likeness (QED) is 0.661. The highest BCUT2D eigenvalue weighted by atomic mass is 79.9. The smallest absolute Gasteiger partial charge is 0.357 e. The third-order valence-electron chi connectivity index (χ3n) is 3.18. The summed E-state index contributed by atoms with van der Waals surface area (Å²) < 4.78 is 7.18. The second-order valence-electron chi connectivity index (χ2n) is 4.66. The summed E-state index contributed by atoms with van der Waals surface area (Å²) in [4.78, 5) is 16.1. The standard InChI is InChI=1S/C16H11BrN4O2/c1-2-23-16(22)12-6-7-21-15(19-12)13(17)14(20-21)11-5-3-4-10(8-11)9-18/h3-8H,2H2,1H3. The number of hydrogen-bond acceptors (Lipinski definition) is 5. The zero-order valence-electron chi connectivity index (χ0n) is 12.2. The van der Waals surface area contributed by atoms with Crippen molar-refractivity contribution in [3.05, 3.63) is 52.3 Å². The van der Waals surface area contributed by atoms with E-state index in [-0.39, 0.29) is 5.69 Å². The molecule has 7 heteroatoms. The van der Waals surface area contributed by atoms with Crippen molar-refractivity contribution < 1.29 is 9.53 Å². The molecule has 0 radical (unpaired) electrons. The third kappa shape index (κ3) is 2.81. The monoisotopic (exact) mass is 370 g/mol. The van der Waals surface area contributed by atoms with E-state index in [1.165, 1.54) is 0 Å². The van der Waals surface area contributed by atoms with Crippen LogP contribution in [-0.4, -0.2) is 27.2 Å². The Morgan fingerprint density at radius 2 is 2.26 bits per heavy atom. The number of ether oxygens (including phenoxy) is 1. The van der Waals surface area contributed by atoms with Crippen LogP contribution in [0, 0.1) is 11.3 Å². The second-order valence-corrected chi connectivity index (χ2v) is 5.45. The first-order chi connectivity index (χ1) is 11.1. The minimum atomic E-state index is -0.476. The van der Waals surface area contributed by atoms with Gasteiger partial charge in [-0.25, -0.2) is 14.3 Å². The number of esters is 1. The number of hydrogen-bond donors (Lipinski definition) is 0. The highest BCUT2D eigenvalue weighted by Crippen LogP contribution is 2.30. The van der Waals surface area contributed by atoms with Crippen molar-refractivity contribution in [1.29, 1.82) is 5.26 Å². The van der Waals surface area contributed by atoms with Crippen LogP contribution in [0.4, 0.5) is 0 Å². The van der Waals surface area contributed by atoms with E-state index in [1.807, 2.05) is 6.07 Å². The molecule has 0 aliphatic rings. The predicted octanol–water partition coefficient (Wildman–Crippen LogP) is 3.21. The van der Waals surface area contributed by atoms with Gasteiger partial charge >= 0.3 is 5.97 Å². The van der Waals surface area contributed by atoms with Crippen molar-refractivity contribution in [2.24, 2.45) is 0 Å². The van der Waals surface area contributed by atoms with Crippen molar-refractivity contribution >= 4 is 27.5 Å². The lowest BCUT2D eigenvalue weighted by Crippen LogP contribution is -2.08. The van der Waals surface area contributed by atoms with Crippen molar-refractivity contribution in [1.82, 2.24) is 14.6 Å². The van der Waals surface area contributed by atoms with E-state index < -0.39 is 5.97 Å². The first-order valence-corrected chi connectivity index (χ1v) is 7.66. The summed E-state index contributed by atoms with van der Waals surface area (Å²) in [5, 5.41) is 13.5. The highest BCUT2D eigenvalue weighted by molar-refractivity contribution is 9.10. The summed E-state index contributed by atoms with van der Waals surface area (Å²) in [5.74, 6) is -0.476. The number of aromatic nitrogens is 3. The molecule has 6 nitrogen and oxygen atoms in total. The third-order valence-corrected chi connectivity index (χ3v) is 3.91. The summed E-state index contributed by atoms with van der Waals surface area (Å²) in [6, 6.07) is 10.8. The van der Waals surface area contributed by atoms with Crippen molar-refractivity contribution in [3.63, 3.8) is 0 Å². The van der Waals surface area contributed by atoms with Crippen LogP contribution in [0.25, 0.3) is 16.9 Å². The molecular weight excluding hydrogens is 360 g/mol. The Hall–Kier alpha value is -2.72. The molecule has 3 rings (SSSR count). The molecule has 0 atom stereocenters. The Morgan fingerprint density at radius 1 is 1.43 bits per heavy atom. The van der Waals surface area contributed by atoms with Gasteiger partial charge in [-0.15, -0.1) is 0 Å². The number of carbonyl (C=O) groups excluding carboxylic acids is 1. The zero-order chi connectivity index (χ0) is 16.4. The lowest BCUT2D eigenvalue weighted by molar-refractivity contribution is 0.0519. The molecule has 0 spiro atoms. The van der Waals surface area contributed by atoms with Gasteiger partial charge in [0.15, 0.2) is 11.3 Å². The Morgan fingerprint density at radius 3 is 3.00 bits per heavy atom. The number of rotatable bonds is 3. The first-order valence-electron chi connectivity index (χ1n) is 6.86. The van der Waals surface area contributed by atoms with E-state index in [0.717, 1.165) is 5.56 Å². The van der Waals surface area contributed by atoms with E-state index in [0.29, 0.717) is 28.0 Å². The number of nitriles is 1. The summed E-state index contributed by atoms with van der Waals surface area (Å²) in [6.45, 7) is 2.03. The Balaban J connectivity index is 2.11. The molecule has 0 aliphatic carbocycles. The molecule has 0 saturated carbocycles. The molecule has 3 aromatic rings. The van der Waals surface area contributed by atoms with Crippen LogP contribution < -0.4 is 0 Å². The number of halogens is 1. The topological polar surface area (TPSA) is 80.3 Å². The molecule has 2 aromatic heterocycles. The fourth-order valence-corrected chi connectivity index (χ4v) is 2.72. The molecule has 0 aliphatic heterocycles. The van der Waals surface area contributed by atoms with Crippen molar-refractivity contribution in [2.75, 3.05) is 6.61 Å². The summed E-state index contributed by atoms with van der Waals surface area (Å²) in [5.41, 5.74) is 2.71. The van der Waals surface area contributed by atoms with Crippen molar-refractivity contribution in [3.8, 4) is 17.3 Å². The highest BCUT2D eigenvalue weighted by Gasteiger charge is 2.16. The second kappa shape index (κ2) is 6.18. The maximum absolute atomic E-state index is 11.8. The van der Waals surface area contributed by atoms with E-state index in [2.05, 4.69) is 32.1 Å². The normalized spacial score (nSPS) is 10.5. The van der Waals surface area contributed by atoms with E-state index in [9.17, 15) is 4.79 Å². The fourth-order valence-electron chi connectivity index (χ4n) is 2.14. The van der Waals surface area contributed by atoms with Gasteiger partial charge in [0.25, 0.3) is 0 Å². The van der Waals surface area contributed by atoms with Gasteiger partial charge in [-0.2, -0.15) is 10.4 Å². The van der Waals surface area contributed by atoms with E-state index >= 15 is 0 Å². The Kier molecular flexibility index (Phi) is 4.08. The van der Waals surface area contributed by atoms with Crippen LogP contribution in [0.15, 0.2) is 41.0 Å². The van der Waals surface area contributed by atoms with Gasteiger partial charge in [-0.3, -0.25) is 0 Å². The number of benzene rings is 1.